The van der Waals surface area contributed by atoms with Crippen molar-refractivity contribution in [1.82, 2.24) is 15.3 Å². The van der Waals surface area contributed by atoms with Crippen LogP contribution in [-0.2, 0) is 12.8 Å². The van der Waals surface area contributed by atoms with E-state index in [1.807, 2.05) is 31.2 Å². The summed E-state index contributed by atoms with van der Waals surface area (Å²) in [4.78, 5) is 7.21. The fraction of sp³-hybridized carbons (Fsp3) is 0.375. The SMILES string of the molecule is CC(NCCNc1nccc(C(F)(F)F)n1)c1cccc(CO)c1. The number of benzene rings is 1. The molecular formula is C16H19F3N4O. The summed E-state index contributed by atoms with van der Waals surface area (Å²) in [5.41, 5.74) is 0.885. The minimum absolute atomic E-state index is 0.0188. The average molecular weight is 340 g/mol. The molecule has 1 heterocycles. The van der Waals surface area contributed by atoms with E-state index in [1.54, 1.807) is 0 Å². The van der Waals surface area contributed by atoms with Gasteiger partial charge in [0.05, 0.1) is 6.61 Å². The van der Waals surface area contributed by atoms with Gasteiger partial charge in [-0.25, -0.2) is 9.97 Å². The Labute approximate surface area is 138 Å². The van der Waals surface area contributed by atoms with Crippen molar-refractivity contribution in [2.45, 2.75) is 25.7 Å². The number of nitrogens with zero attached hydrogens (tertiary/aromatic N) is 2. The fourth-order valence-corrected chi connectivity index (χ4v) is 2.14. The number of nitrogens with one attached hydrogen (secondary N) is 2. The molecule has 0 fully saturated rings. The summed E-state index contributed by atoms with van der Waals surface area (Å²) in [6.07, 6.45) is -3.40. The standard InChI is InChI=1S/C16H19F3N4O/c1-11(13-4-2-3-12(9-13)10-24)20-7-8-22-15-21-6-5-14(23-15)16(17,18)19/h2-6,9,11,20,24H,7-8,10H2,1H3,(H,21,22,23). The van der Waals surface area contributed by atoms with Gasteiger partial charge >= 0.3 is 6.18 Å². The number of alkyl halides is 3. The van der Waals surface area contributed by atoms with Crippen LogP contribution in [0.1, 0.15) is 29.8 Å². The van der Waals surface area contributed by atoms with E-state index in [-0.39, 0.29) is 18.6 Å². The maximum atomic E-state index is 12.6. The van der Waals surface area contributed by atoms with Gasteiger partial charge in [-0.05, 0) is 24.1 Å². The van der Waals surface area contributed by atoms with Gasteiger partial charge in [0.1, 0.15) is 5.69 Å². The predicted molar refractivity (Wildman–Crippen MR) is 84.3 cm³/mol. The summed E-state index contributed by atoms with van der Waals surface area (Å²) >= 11 is 0. The third-order valence-electron chi connectivity index (χ3n) is 3.44. The quantitative estimate of drug-likeness (QED) is 0.676. The van der Waals surface area contributed by atoms with Crippen LogP contribution in [0.5, 0.6) is 0 Å². The zero-order valence-electron chi connectivity index (χ0n) is 13.1. The van der Waals surface area contributed by atoms with E-state index in [0.717, 1.165) is 23.4 Å². The maximum Gasteiger partial charge on any atom is 0.433 e. The van der Waals surface area contributed by atoms with Gasteiger partial charge in [-0.2, -0.15) is 13.2 Å². The highest BCUT2D eigenvalue weighted by Gasteiger charge is 2.32. The Kier molecular flexibility index (Phi) is 6.10. The third-order valence-corrected chi connectivity index (χ3v) is 3.44. The summed E-state index contributed by atoms with van der Waals surface area (Å²) in [6.45, 7) is 2.85. The molecule has 1 aromatic carbocycles. The second-order valence-corrected chi connectivity index (χ2v) is 5.27. The maximum absolute atomic E-state index is 12.6. The van der Waals surface area contributed by atoms with Gasteiger partial charge in [-0.1, -0.05) is 24.3 Å². The number of aromatic nitrogens is 2. The number of hydrogen-bond donors (Lipinski definition) is 3. The molecule has 130 valence electrons. The number of rotatable bonds is 7. The first-order valence-electron chi connectivity index (χ1n) is 7.47. The van der Waals surface area contributed by atoms with Crippen LogP contribution < -0.4 is 10.6 Å². The zero-order chi connectivity index (χ0) is 17.6. The van der Waals surface area contributed by atoms with Crippen LogP contribution in [0.15, 0.2) is 36.5 Å². The lowest BCUT2D eigenvalue weighted by Crippen LogP contribution is -2.26. The van der Waals surface area contributed by atoms with Crippen molar-refractivity contribution < 1.29 is 18.3 Å². The molecule has 0 amide bonds. The topological polar surface area (TPSA) is 70.1 Å². The first kappa shape index (κ1) is 18.2. The lowest BCUT2D eigenvalue weighted by atomic mass is 10.1. The Bertz CT molecular complexity index is 664. The normalized spacial score (nSPS) is 12.9. The Morgan fingerprint density at radius 2 is 2.00 bits per heavy atom. The van der Waals surface area contributed by atoms with Crippen molar-refractivity contribution in [2.24, 2.45) is 0 Å². The molecular weight excluding hydrogens is 321 g/mol. The summed E-state index contributed by atoms with van der Waals surface area (Å²) in [5, 5.41) is 15.1. The molecule has 5 nitrogen and oxygen atoms in total. The first-order chi connectivity index (χ1) is 11.4. The van der Waals surface area contributed by atoms with E-state index in [4.69, 9.17) is 5.11 Å². The molecule has 0 saturated heterocycles. The Balaban J connectivity index is 1.82. The van der Waals surface area contributed by atoms with Crippen molar-refractivity contribution in [3.63, 3.8) is 0 Å². The van der Waals surface area contributed by atoms with Gasteiger partial charge in [0.2, 0.25) is 5.95 Å². The Morgan fingerprint density at radius 1 is 1.21 bits per heavy atom. The molecule has 2 aromatic rings. The molecule has 24 heavy (non-hydrogen) atoms. The molecule has 0 aliphatic heterocycles. The van der Waals surface area contributed by atoms with Crippen LogP contribution in [0.2, 0.25) is 0 Å². The third kappa shape index (κ3) is 5.17. The van der Waals surface area contributed by atoms with Crippen molar-refractivity contribution in [2.75, 3.05) is 18.4 Å². The van der Waals surface area contributed by atoms with Crippen LogP contribution in [0.4, 0.5) is 19.1 Å². The summed E-state index contributed by atoms with van der Waals surface area (Å²) in [5.74, 6) is -0.0541. The van der Waals surface area contributed by atoms with Crippen LogP contribution in [0.25, 0.3) is 0 Å². The van der Waals surface area contributed by atoms with Crippen LogP contribution in [-0.4, -0.2) is 28.2 Å². The summed E-state index contributed by atoms with van der Waals surface area (Å²) < 4.78 is 37.7. The summed E-state index contributed by atoms with van der Waals surface area (Å²) in [6, 6.07) is 8.43. The molecule has 3 N–H and O–H groups in total. The number of aliphatic hydroxyl groups excluding tert-OH is 1. The molecule has 1 unspecified atom stereocenters. The molecule has 0 spiro atoms. The molecule has 2 rings (SSSR count). The number of hydrogen-bond acceptors (Lipinski definition) is 5. The highest BCUT2D eigenvalue weighted by atomic mass is 19.4. The van der Waals surface area contributed by atoms with Gasteiger partial charge in [0, 0.05) is 25.3 Å². The second-order valence-electron chi connectivity index (χ2n) is 5.27. The molecule has 0 saturated carbocycles. The second kappa shape index (κ2) is 8.07. The lowest BCUT2D eigenvalue weighted by Gasteiger charge is -2.15. The van der Waals surface area contributed by atoms with Gasteiger partial charge in [0.15, 0.2) is 0 Å². The van der Waals surface area contributed by atoms with E-state index < -0.39 is 11.9 Å². The number of aliphatic hydroxyl groups is 1. The number of anilines is 1. The fourth-order valence-electron chi connectivity index (χ4n) is 2.14. The molecule has 0 bridgehead atoms. The molecule has 1 aromatic heterocycles. The van der Waals surface area contributed by atoms with E-state index in [2.05, 4.69) is 20.6 Å². The van der Waals surface area contributed by atoms with Crippen LogP contribution in [0.3, 0.4) is 0 Å². The van der Waals surface area contributed by atoms with Crippen LogP contribution in [0, 0.1) is 0 Å². The van der Waals surface area contributed by atoms with Crippen molar-refractivity contribution in [1.29, 1.82) is 0 Å². The van der Waals surface area contributed by atoms with Gasteiger partial charge in [0.25, 0.3) is 0 Å². The summed E-state index contributed by atoms with van der Waals surface area (Å²) in [7, 11) is 0. The van der Waals surface area contributed by atoms with Crippen molar-refractivity contribution >= 4 is 5.95 Å². The van der Waals surface area contributed by atoms with E-state index >= 15 is 0 Å². The first-order valence-corrected chi connectivity index (χ1v) is 7.47. The minimum atomic E-state index is -4.48. The lowest BCUT2D eigenvalue weighted by molar-refractivity contribution is -0.141. The average Bonchev–Trinajstić information content (AvgIpc) is 2.58. The molecule has 0 radical (unpaired) electrons. The highest BCUT2D eigenvalue weighted by molar-refractivity contribution is 5.27. The molecule has 0 aliphatic rings. The van der Waals surface area contributed by atoms with Gasteiger partial charge in [-0.15, -0.1) is 0 Å². The Hall–Kier alpha value is -2.19. The van der Waals surface area contributed by atoms with Gasteiger partial charge < -0.3 is 15.7 Å². The van der Waals surface area contributed by atoms with Crippen molar-refractivity contribution in [3.8, 4) is 0 Å². The van der Waals surface area contributed by atoms with E-state index in [9.17, 15) is 13.2 Å². The Morgan fingerprint density at radius 3 is 2.71 bits per heavy atom. The van der Waals surface area contributed by atoms with Crippen LogP contribution >= 0.6 is 0 Å². The van der Waals surface area contributed by atoms with Gasteiger partial charge in [-0.3, -0.25) is 0 Å². The molecule has 8 heteroatoms. The smallest absolute Gasteiger partial charge is 0.392 e. The number of halogens is 3. The zero-order valence-corrected chi connectivity index (χ0v) is 13.1. The highest BCUT2D eigenvalue weighted by Crippen LogP contribution is 2.27. The predicted octanol–water partition coefficient (Wildman–Crippen LogP) is 2.75. The van der Waals surface area contributed by atoms with E-state index in [0.29, 0.717) is 13.1 Å². The van der Waals surface area contributed by atoms with Crippen molar-refractivity contribution in [3.05, 3.63) is 53.3 Å². The van der Waals surface area contributed by atoms with E-state index in [1.165, 1.54) is 0 Å². The monoisotopic (exact) mass is 340 g/mol. The largest absolute Gasteiger partial charge is 0.433 e. The minimum Gasteiger partial charge on any atom is -0.392 e. The molecule has 0 aliphatic carbocycles. The molecule has 1 atom stereocenters.